The number of aryl methyl sites for hydroxylation is 1. The second kappa shape index (κ2) is 13.2. The Kier molecular flexibility index (Phi) is 10.3. The fraction of sp³-hybridized carbons (Fsp3) is 0.348. The topological polar surface area (TPSA) is 137 Å². The van der Waals surface area contributed by atoms with E-state index in [9.17, 15) is 24.3 Å². The lowest BCUT2D eigenvalue weighted by Gasteiger charge is -2.24. The number of benzene rings is 1. The summed E-state index contributed by atoms with van der Waals surface area (Å²) in [5.74, 6) is -1.94. The lowest BCUT2D eigenvalue weighted by Crippen LogP contribution is -2.47. The van der Waals surface area contributed by atoms with Gasteiger partial charge in [0.1, 0.15) is 24.2 Å². The van der Waals surface area contributed by atoms with Crippen molar-refractivity contribution in [1.82, 2.24) is 9.88 Å². The Bertz CT molecular complexity index is 986. The van der Waals surface area contributed by atoms with Crippen LogP contribution in [0.2, 0.25) is 0 Å². The summed E-state index contributed by atoms with van der Waals surface area (Å²) in [5.41, 5.74) is 0.924. The van der Waals surface area contributed by atoms with E-state index in [0.717, 1.165) is 30.1 Å². The number of hydrogen-bond donors (Lipinski definition) is 2. The molecule has 11 heteroatoms. The van der Waals surface area contributed by atoms with Crippen molar-refractivity contribution in [3.8, 4) is 5.75 Å². The third kappa shape index (κ3) is 8.39. The number of imide groups is 1. The van der Waals surface area contributed by atoms with Gasteiger partial charge in [-0.15, -0.1) is 0 Å². The van der Waals surface area contributed by atoms with Crippen LogP contribution in [-0.2, 0) is 20.8 Å². The van der Waals surface area contributed by atoms with Gasteiger partial charge in [0.05, 0.1) is 13.0 Å². The Morgan fingerprint density at radius 2 is 1.79 bits per heavy atom. The van der Waals surface area contributed by atoms with Gasteiger partial charge in [0.25, 0.3) is 5.24 Å². The average molecular weight is 490 g/mol. The van der Waals surface area contributed by atoms with E-state index >= 15 is 0 Å². The highest BCUT2D eigenvalue weighted by atomic mass is 32.2. The van der Waals surface area contributed by atoms with Gasteiger partial charge in [-0.3, -0.25) is 19.3 Å². The highest BCUT2D eigenvalue weighted by molar-refractivity contribution is 8.13. The van der Waals surface area contributed by atoms with Crippen molar-refractivity contribution in [1.29, 1.82) is 0 Å². The van der Waals surface area contributed by atoms with Crippen LogP contribution in [0.5, 0.6) is 5.75 Å². The molecule has 182 valence electrons. The molecule has 34 heavy (non-hydrogen) atoms. The highest BCUT2D eigenvalue weighted by Crippen LogP contribution is 2.19. The molecule has 2 amide bonds. The minimum Gasteiger partial charge on any atom is -0.492 e. The van der Waals surface area contributed by atoms with E-state index in [2.05, 4.69) is 4.98 Å². The number of amides is 2. The van der Waals surface area contributed by atoms with E-state index in [1.54, 1.807) is 6.20 Å². The van der Waals surface area contributed by atoms with Crippen LogP contribution in [0.15, 0.2) is 48.7 Å². The van der Waals surface area contributed by atoms with Gasteiger partial charge in [-0.2, -0.15) is 0 Å². The number of rotatable bonds is 12. The maximum atomic E-state index is 12.4. The smallest absolute Gasteiger partial charge is 0.327 e. The van der Waals surface area contributed by atoms with Crippen LogP contribution in [0, 0.1) is 0 Å². The van der Waals surface area contributed by atoms with Gasteiger partial charge in [0.15, 0.2) is 0 Å². The van der Waals surface area contributed by atoms with Crippen molar-refractivity contribution in [2.45, 2.75) is 25.8 Å². The van der Waals surface area contributed by atoms with Crippen molar-refractivity contribution in [3.05, 3.63) is 54.2 Å². The van der Waals surface area contributed by atoms with E-state index in [-0.39, 0.29) is 5.75 Å². The molecule has 1 unspecified atom stereocenters. The zero-order valence-electron chi connectivity index (χ0n) is 18.9. The molecular formula is C23H27N3O7S. The second-order valence-electron chi connectivity index (χ2n) is 7.31. The van der Waals surface area contributed by atoms with Crippen LogP contribution in [0.1, 0.15) is 18.9 Å². The Morgan fingerprint density at radius 1 is 1.09 bits per heavy atom. The van der Waals surface area contributed by atoms with Crippen LogP contribution in [0.3, 0.4) is 0 Å². The molecule has 1 aromatic heterocycles. The summed E-state index contributed by atoms with van der Waals surface area (Å²) in [7, 11) is 1.93. The number of aromatic nitrogens is 1. The van der Waals surface area contributed by atoms with Gasteiger partial charge < -0.3 is 19.8 Å². The molecule has 10 nitrogen and oxygen atoms in total. The fourth-order valence-electron chi connectivity index (χ4n) is 3.00. The molecule has 0 radical (unpaired) electrons. The number of carbonyl (C=O) groups excluding carboxylic acids is 2. The van der Waals surface area contributed by atoms with Crippen molar-refractivity contribution < 1.29 is 34.1 Å². The first-order valence-corrected chi connectivity index (χ1v) is 11.4. The number of aliphatic carboxylic acids is 2. The number of carbonyl (C=O) groups is 4. The largest absolute Gasteiger partial charge is 0.492 e. The zero-order valence-corrected chi connectivity index (χ0v) is 19.7. The van der Waals surface area contributed by atoms with Crippen LogP contribution in [0.4, 0.5) is 10.6 Å². The number of carboxylic acid groups (broad SMARTS) is 2. The van der Waals surface area contributed by atoms with E-state index in [1.165, 1.54) is 0 Å². The maximum absolute atomic E-state index is 12.4. The molecule has 1 atom stereocenters. The normalized spacial score (nSPS) is 11.4. The Balaban J connectivity index is 1.81. The van der Waals surface area contributed by atoms with Crippen LogP contribution < -0.4 is 9.64 Å². The molecule has 0 bridgehead atoms. The van der Waals surface area contributed by atoms with Crippen molar-refractivity contribution in [2.24, 2.45) is 0 Å². The molecule has 2 N–H and O–H groups in total. The summed E-state index contributed by atoms with van der Waals surface area (Å²) in [6.45, 7) is 2.16. The number of carboxylic acids is 2. The van der Waals surface area contributed by atoms with E-state index in [4.69, 9.17) is 9.84 Å². The number of nitrogens with zero attached hydrogens (tertiary/aromatic N) is 3. The first kappa shape index (κ1) is 26.7. The summed E-state index contributed by atoms with van der Waals surface area (Å²) >= 11 is 0.767. The number of thioether (sulfide) groups is 1. The number of likely N-dealkylation sites (N-methyl/N-ethyl adjacent to an activating group) is 1. The number of anilines is 1. The van der Waals surface area contributed by atoms with Gasteiger partial charge >= 0.3 is 11.9 Å². The number of pyridine rings is 1. The minimum absolute atomic E-state index is 0.289. The van der Waals surface area contributed by atoms with Crippen LogP contribution >= 0.6 is 11.8 Å². The molecule has 2 aromatic rings. The van der Waals surface area contributed by atoms with Crippen molar-refractivity contribution in [3.63, 3.8) is 0 Å². The summed E-state index contributed by atoms with van der Waals surface area (Å²) in [4.78, 5) is 53.2. The maximum Gasteiger partial charge on any atom is 0.327 e. The molecule has 0 fully saturated rings. The standard InChI is InChI=1S/C23H27N3O7S/c1-16(27)26(19(22(30)31)15-21(28)29)23(32)34-14-10-17-6-8-18(9-7-17)33-13-12-25(2)20-5-3-4-11-24-20/h3-9,11,19H,10,12-15H2,1-2H3,(H,28,29)(H,30,31). The second-order valence-corrected chi connectivity index (χ2v) is 8.35. The third-order valence-electron chi connectivity index (χ3n) is 4.78. The number of hydrogen-bond acceptors (Lipinski definition) is 8. The van der Waals surface area contributed by atoms with Gasteiger partial charge in [0, 0.05) is 25.9 Å². The monoisotopic (exact) mass is 489 g/mol. The summed E-state index contributed by atoms with van der Waals surface area (Å²) in [6.07, 6.45) is 1.36. The Labute approximate surface area is 201 Å². The molecule has 1 aromatic carbocycles. The lowest BCUT2D eigenvalue weighted by atomic mass is 10.2. The van der Waals surface area contributed by atoms with Gasteiger partial charge in [-0.1, -0.05) is 30.0 Å². The molecular weight excluding hydrogens is 462 g/mol. The van der Waals surface area contributed by atoms with Gasteiger partial charge in [-0.05, 0) is 36.2 Å². The molecule has 0 saturated carbocycles. The highest BCUT2D eigenvalue weighted by Gasteiger charge is 2.34. The molecule has 0 spiro atoms. The molecule has 0 aliphatic carbocycles. The predicted octanol–water partition coefficient (Wildman–Crippen LogP) is 2.77. The Morgan fingerprint density at radius 3 is 2.35 bits per heavy atom. The molecule has 1 heterocycles. The van der Waals surface area contributed by atoms with Gasteiger partial charge in [0.2, 0.25) is 5.91 Å². The molecule has 2 rings (SSSR count). The number of ether oxygens (including phenoxy) is 1. The van der Waals surface area contributed by atoms with Crippen molar-refractivity contribution in [2.75, 3.05) is 30.9 Å². The van der Waals surface area contributed by atoms with E-state index < -0.39 is 35.5 Å². The molecule has 0 aliphatic rings. The summed E-state index contributed by atoms with van der Waals surface area (Å²) in [6, 6.07) is 11.3. The van der Waals surface area contributed by atoms with Crippen LogP contribution in [-0.4, -0.2) is 75.2 Å². The van der Waals surface area contributed by atoms with Crippen molar-refractivity contribution >= 4 is 40.7 Å². The SMILES string of the molecule is CC(=O)N(C(=O)SCCc1ccc(OCCN(C)c2ccccn2)cc1)C(CC(=O)O)C(=O)O. The first-order valence-electron chi connectivity index (χ1n) is 10.4. The lowest BCUT2D eigenvalue weighted by molar-refractivity contribution is -0.151. The summed E-state index contributed by atoms with van der Waals surface area (Å²) < 4.78 is 5.76. The summed E-state index contributed by atoms with van der Waals surface area (Å²) in [5, 5.41) is 17.3. The third-order valence-corrected chi connectivity index (χ3v) is 5.63. The molecule has 0 aliphatic heterocycles. The first-order chi connectivity index (χ1) is 16.2. The minimum atomic E-state index is -1.75. The Hall–Kier alpha value is -3.60. The molecule has 0 saturated heterocycles. The quantitative estimate of drug-likeness (QED) is 0.458. The van der Waals surface area contributed by atoms with E-state index in [1.807, 2.05) is 54.4 Å². The van der Waals surface area contributed by atoms with Gasteiger partial charge in [-0.25, -0.2) is 9.78 Å². The van der Waals surface area contributed by atoms with Crippen LogP contribution in [0.25, 0.3) is 0 Å². The zero-order chi connectivity index (χ0) is 25.1. The predicted molar refractivity (Wildman–Crippen MR) is 127 cm³/mol. The fourth-order valence-corrected chi connectivity index (χ4v) is 3.91. The average Bonchev–Trinajstić information content (AvgIpc) is 2.79. The van der Waals surface area contributed by atoms with E-state index in [0.29, 0.717) is 30.2 Å².